The van der Waals surface area contributed by atoms with Gasteiger partial charge < -0.3 is 9.88 Å². The van der Waals surface area contributed by atoms with E-state index in [4.69, 9.17) is 4.98 Å². The Bertz CT molecular complexity index is 700. The second-order valence-corrected chi connectivity index (χ2v) is 7.28. The predicted octanol–water partition coefficient (Wildman–Crippen LogP) is 4.16. The van der Waals surface area contributed by atoms with Crippen molar-refractivity contribution in [3.63, 3.8) is 0 Å². The maximum absolute atomic E-state index is 12.4. The topological polar surface area (TPSA) is 59.8 Å². The zero-order valence-electron chi connectivity index (χ0n) is 15.0. The van der Waals surface area contributed by atoms with Gasteiger partial charge >= 0.3 is 0 Å². The van der Waals surface area contributed by atoms with Crippen LogP contribution in [0.3, 0.4) is 0 Å². The van der Waals surface area contributed by atoms with Gasteiger partial charge in [-0.3, -0.25) is 4.79 Å². The Labute approximate surface area is 143 Å². The van der Waals surface area contributed by atoms with Crippen LogP contribution < -0.4 is 5.32 Å². The predicted molar refractivity (Wildman–Crippen MR) is 95.7 cm³/mol. The summed E-state index contributed by atoms with van der Waals surface area (Å²) in [5.41, 5.74) is 1.77. The molecule has 2 aromatic rings. The van der Waals surface area contributed by atoms with Crippen LogP contribution in [0.4, 0.5) is 0 Å². The number of amides is 1. The zero-order chi connectivity index (χ0) is 17.1. The molecule has 0 radical (unpaired) electrons. The van der Waals surface area contributed by atoms with Crippen LogP contribution in [0.25, 0.3) is 11.2 Å². The van der Waals surface area contributed by atoms with Gasteiger partial charge in [0.15, 0.2) is 5.65 Å². The van der Waals surface area contributed by atoms with Gasteiger partial charge in [0, 0.05) is 18.7 Å². The lowest BCUT2D eigenvalue weighted by atomic mass is 9.87. The number of fused-ring (bicyclic) bond motifs is 1. The molecule has 1 aliphatic carbocycles. The number of nitrogens with zero attached hydrogens (tertiary/aromatic N) is 3. The lowest BCUT2D eigenvalue weighted by Crippen LogP contribution is -2.30. The first kappa shape index (κ1) is 16.9. The Morgan fingerprint density at radius 1 is 1.29 bits per heavy atom. The Morgan fingerprint density at radius 2 is 2.04 bits per heavy atom. The SMILES string of the molecule is CC(NC(=O)CC1CCCCC1)c1nc2cccnc2n1C(C)C. The van der Waals surface area contributed by atoms with E-state index >= 15 is 0 Å². The van der Waals surface area contributed by atoms with Crippen molar-refractivity contribution in [2.45, 2.75) is 71.4 Å². The molecule has 1 amide bonds. The highest BCUT2D eigenvalue weighted by Crippen LogP contribution is 2.27. The van der Waals surface area contributed by atoms with Crippen LogP contribution in [-0.4, -0.2) is 20.4 Å². The van der Waals surface area contributed by atoms with E-state index in [2.05, 4.69) is 28.7 Å². The summed E-state index contributed by atoms with van der Waals surface area (Å²) in [6, 6.07) is 4.01. The van der Waals surface area contributed by atoms with E-state index in [0.29, 0.717) is 12.3 Å². The van der Waals surface area contributed by atoms with Gasteiger partial charge in [0.1, 0.15) is 11.3 Å². The minimum Gasteiger partial charge on any atom is -0.346 e. The molecule has 0 aromatic carbocycles. The number of imidazole rings is 1. The van der Waals surface area contributed by atoms with Gasteiger partial charge in [0.05, 0.1) is 6.04 Å². The molecule has 5 heteroatoms. The monoisotopic (exact) mass is 328 g/mol. The van der Waals surface area contributed by atoms with Gasteiger partial charge in [-0.2, -0.15) is 0 Å². The third-order valence-corrected chi connectivity index (χ3v) is 4.96. The number of carbonyl (C=O) groups is 1. The van der Waals surface area contributed by atoms with Crippen LogP contribution in [0.15, 0.2) is 18.3 Å². The van der Waals surface area contributed by atoms with Crippen LogP contribution in [-0.2, 0) is 4.79 Å². The van der Waals surface area contributed by atoms with Crippen LogP contribution in [0.1, 0.15) is 77.2 Å². The Kier molecular flexibility index (Phi) is 5.17. The van der Waals surface area contributed by atoms with Crippen molar-refractivity contribution in [1.82, 2.24) is 19.9 Å². The molecule has 1 saturated carbocycles. The molecule has 0 spiro atoms. The number of hydrogen-bond donors (Lipinski definition) is 1. The molecule has 0 saturated heterocycles. The quantitative estimate of drug-likeness (QED) is 0.896. The van der Waals surface area contributed by atoms with Gasteiger partial charge in [0.25, 0.3) is 0 Å². The molecule has 1 fully saturated rings. The molecule has 0 aliphatic heterocycles. The molecule has 24 heavy (non-hydrogen) atoms. The van der Waals surface area contributed by atoms with Crippen LogP contribution in [0.2, 0.25) is 0 Å². The van der Waals surface area contributed by atoms with Crippen LogP contribution >= 0.6 is 0 Å². The first-order valence-electron chi connectivity index (χ1n) is 9.18. The third kappa shape index (κ3) is 3.60. The summed E-state index contributed by atoms with van der Waals surface area (Å²) in [5, 5.41) is 3.15. The summed E-state index contributed by atoms with van der Waals surface area (Å²) in [7, 11) is 0. The Balaban J connectivity index is 1.74. The molecule has 1 N–H and O–H groups in total. The fourth-order valence-corrected chi connectivity index (χ4v) is 3.78. The molecular weight excluding hydrogens is 300 g/mol. The van der Waals surface area contributed by atoms with Crippen molar-refractivity contribution >= 4 is 17.1 Å². The molecule has 1 aliphatic rings. The first-order valence-corrected chi connectivity index (χ1v) is 9.18. The fourth-order valence-electron chi connectivity index (χ4n) is 3.78. The minimum absolute atomic E-state index is 0.113. The van der Waals surface area contributed by atoms with Crippen LogP contribution in [0, 0.1) is 5.92 Å². The van der Waals surface area contributed by atoms with Gasteiger partial charge in [0.2, 0.25) is 5.91 Å². The van der Waals surface area contributed by atoms with E-state index in [0.717, 1.165) is 17.0 Å². The summed E-state index contributed by atoms with van der Waals surface area (Å²) >= 11 is 0. The first-order chi connectivity index (χ1) is 11.6. The molecule has 0 bridgehead atoms. The molecule has 1 atom stereocenters. The van der Waals surface area contributed by atoms with Crippen LogP contribution in [0.5, 0.6) is 0 Å². The minimum atomic E-state index is -0.113. The Hall–Kier alpha value is -1.91. The maximum Gasteiger partial charge on any atom is 0.220 e. The summed E-state index contributed by atoms with van der Waals surface area (Å²) in [5.74, 6) is 1.58. The molecule has 1 unspecified atom stereocenters. The van der Waals surface area contributed by atoms with E-state index in [9.17, 15) is 4.79 Å². The van der Waals surface area contributed by atoms with Gasteiger partial charge in [-0.25, -0.2) is 9.97 Å². The van der Waals surface area contributed by atoms with Crippen molar-refractivity contribution in [1.29, 1.82) is 0 Å². The molecule has 2 aromatic heterocycles. The average Bonchev–Trinajstić information content (AvgIpc) is 2.95. The van der Waals surface area contributed by atoms with E-state index in [-0.39, 0.29) is 18.0 Å². The van der Waals surface area contributed by atoms with E-state index in [1.165, 1.54) is 32.1 Å². The van der Waals surface area contributed by atoms with E-state index in [1.807, 2.05) is 19.1 Å². The second kappa shape index (κ2) is 7.32. The zero-order valence-corrected chi connectivity index (χ0v) is 15.0. The van der Waals surface area contributed by atoms with Crippen molar-refractivity contribution < 1.29 is 4.79 Å². The highest BCUT2D eigenvalue weighted by molar-refractivity contribution is 5.77. The van der Waals surface area contributed by atoms with E-state index < -0.39 is 0 Å². The summed E-state index contributed by atoms with van der Waals surface area (Å²) in [6.07, 6.45) is 8.67. The fraction of sp³-hybridized carbons (Fsp3) is 0.632. The van der Waals surface area contributed by atoms with Crippen molar-refractivity contribution in [3.8, 4) is 0 Å². The standard InChI is InChI=1S/C19H28N4O/c1-13(2)23-18(22-16-10-7-11-20-19(16)23)14(3)21-17(24)12-15-8-5-4-6-9-15/h7,10-11,13-15H,4-6,8-9,12H2,1-3H3,(H,21,24). The lowest BCUT2D eigenvalue weighted by molar-refractivity contribution is -0.123. The summed E-state index contributed by atoms with van der Waals surface area (Å²) in [6.45, 7) is 6.25. The third-order valence-electron chi connectivity index (χ3n) is 4.96. The summed E-state index contributed by atoms with van der Waals surface area (Å²) in [4.78, 5) is 21.6. The number of rotatable bonds is 5. The summed E-state index contributed by atoms with van der Waals surface area (Å²) < 4.78 is 2.13. The maximum atomic E-state index is 12.4. The number of hydrogen-bond acceptors (Lipinski definition) is 3. The smallest absolute Gasteiger partial charge is 0.220 e. The van der Waals surface area contributed by atoms with Gasteiger partial charge in [-0.05, 0) is 51.7 Å². The molecule has 2 heterocycles. The normalized spacial score (nSPS) is 17.3. The molecule has 130 valence electrons. The average molecular weight is 328 g/mol. The highest BCUT2D eigenvalue weighted by Gasteiger charge is 2.22. The lowest BCUT2D eigenvalue weighted by Gasteiger charge is -2.23. The largest absolute Gasteiger partial charge is 0.346 e. The number of carbonyl (C=O) groups excluding carboxylic acids is 1. The number of pyridine rings is 1. The van der Waals surface area contributed by atoms with Crippen molar-refractivity contribution in [3.05, 3.63) is 24.2 Å². The van der Waals surface area contributed by atoms with Crippen molar-refractivity contribution in [2.24, 2.45) is 5.92 Å². The van der Waals surface area contributed by atoms with Gasteiger partial charge in [-0.15, -0.1) is 0 Å². The highest BCUT2D eigenvalue weighted by atomic mass is 16.1. The van der Waals surface area contributed by atoms with Crippen molar-refractivity contribution in [2.75, 3.05) is 0 Å². The molecule has 5 nitrogen and oxygen atoms in total. The van der Waals surface area contributed by atoms with E-state index in [1.54, 1.807) is 6.20 Å². The van der Waals surface area contributed by atoms with Gasteiger partial charge in [-0.1, -0.05) is 19.3 Å². The number of nitrogens with one attached hydrogen (secondary N) is 1. The number of aromatic nitrogens is 3. The molecule has 3 rings (SSSR count). The second-order valence-electron chi connectivity index (χ2n) is 7.28. The molecular formula is C19H28N4O. The Morgan fingerprint density at radius 3 is 2.75 bits per heavy atom.